The SMILES string of the molecule is CC/C=C/C=C/C=C\C=C/C=C/CC(CC(=O)NC(CO)C(O)CCCCCCCCCCCCC)OC(=O)CCCCCCC/C=C/C=C/C=C/CCCCCCC. The van der Waals surface area contributed by atoms with Gasteiger partial charge in [0.1, 0.15) is 6.10 Å². The Labute approximate surface area is 363 Å². The molecule has 3 N–H and O–H groups in total. The van der Waals surface area contributed by atoms with Crippen LogP contribution in [0.2, 0.25) is 0 Å². The Morgan fingerprint density at radius 2 is 0.949 bits per heavy atom. The van der Waals surface area contributed by atoms with Gasteiger partial charge in [-0.1, -0.05) is 234 Å². The lowest BCUT2D eigenvalue weighted by Gasteiger charge is -2.24. The molecule has 0 saturated carbocycles. The first kappa shape index (κ1) is 55.8. The maximum atomic E-state index is 13.1. The van der Waals surface area contributed by atoms with Crippen LogP contribution < -0.4 is 5.32 Å². The Morgan fingerprint density at radius 3 is 1.44 bits per heavy atom. The fourth-order valence-electron chi connectivity index (χ4n) is 6.69. The van der Waals surface area contributed by atoms with Crippen molar-refractivity contribution >= 4 is 11.9 Å². The van der Waals surface area contributed by atoms with Gasteiger partial charge in [-0.2, -0.15) is 0 Å². The van der Waals surface area contributed by atoms with Crippen molar-refractivity contribution in [2.24, 2.45) is 0 Å². The fourth-order valence-corrected chi connectivity index (χ4v) is 6.69. The number of rotatable bonds is 41. The Balaban J connectivity index is 4.72. The van der Waals surface area contributed by atoms with Crippen LogP contribution in [0.1, 0.15) is 201 Å². The van der Waals surface area contributed by atoms with Crippen LogP contribution in [0, 0.1) is 0 Å². The highest BCUT2D eigenvalue weighted by Crippen LogP contribution is 2.15. The van der Waals surface area contributed by atoms with E-state index >= 15 is 0 Å². The highest BCUT2D eigenvalue weighted by molar-refractivity contribution is 5.77. The number of unbranched alkanes of at least 4 members (excludes halogenated alkanes) is 20. The summed E-state index contributed by atoms with van der Waals surface area (Å²) in [6.07, 6.45) is 60.6. The van der Waals surface area contributed by atoms with Gasteiger partial charge in [0.05, 0.1) is 25.2 Å². The number of aliphatic hydroxyl groups is 2. The van der Waals surface area contributed by atoms with E-state index < -0.39 is 18.2 Å². The van der Waals surface area contributed by atoms with E-state index in [0.717, 1.165) is 70.6 Å². The first-order valence-corrected chi connectivity index (χ1v) is 24.1. The zero-order chi connectivity index (χ0) is 43.1. The number of hydrogen-bond acceptors (Lipinski definition) is 5. The van der Waals surface area contributed by atoms with E-state index in [4.69, 9.17) is 4.74 Å². The predicted molar refractivity (Wildman–Crippen MR) is 254 cm³/mol. The highest BCUT2D eigenvalue weighted by atomic mass is 16.5. The largest absolute Gasteiger partial charge is 0.461 e. The number of allylic oxidation sites excluding steroid dienone is 15. The van der Waals surface area contributed by atoms with Crippen LogP contribution in [0.25, 0.3) is 0 Å². The molecule has 3 unspecified atom stereocenters. The number of hydrogen-bond donors (Lipinski definition) is 3. The molecule has 0 aromatic rings. The number of amides is 1. The van der Waals surface area contributed by atoms with Gasteiger partial charge in [-0.25, -0.2) is 0 Å². The lowest BCUT2D eigenvalue weighted by atomic mass is 10.0. The third-order valence-electron chi connectivity index (χ3n) is 10.3. The normalized spacial score (nSPS) is 14.2. The second-order valence-corrected chi connectivity index (χ2v) is 16.0. The fraction of sp³-hybridized carbons (Fsp3) is 0.660. The van der Waals surface area contributed by atoms with Gasteiger partial charge >= 0.3 is 5.97 Å². The smallest absolute Gasteiger partial charge is 0.306 e. The Morgan fingerprint density at radius 1 is 0.525 bits per heavy atom. The summed E-state index contributed by atoms with van der Waals surface area (Å²) in [6, 6.07) is -0.748. The first-order valence-electron chi connectivity index (χ1n) is 24.1. The molecular weight excluding hydrogens is 731 g/mol. The summed E-state index contributed by atoms with van der Waals surface area (Å²) in [5.41, 5.74) is 0. The molecule has 6 heteroatoms. The van der Waals surface area contributed by atoms with Crippen molar-refractivity contribution in [1.29, 1.82) is 0 Å². The van der Waals surface area contributed by atoms with Crippen molar-refractivity contribution in [2.75, 3.05) is 6.61 Å². The number of carbonyl (C=O) groups is 2. The van der Waals surface area contributed by atoms with Crippen molar-refractivity contribution < 1.29 is 24.5 Å². The number of esters is 1. The van der Waals surface area contributed by atoms with Crippen LogP contribution in [-0.2, 0) is 14.3 Å². The Hall–Kier alpha value is -3.22. The van der Waals surface area contributed by atoms with E-state index in [1.54, 1.807) is 0 Å². The van der Waals surface area contributed by atoms with Gasteiger partial charge in [-0.3, -0.25) is 9.59 Å². The van der Waals surface area contributed by atoms with Crippen LogP contribution in [0.15, 0.2) is 97.2 Å². The molecule has 6 nitrogen and oxygen atoms in total. The molecule has 0 saturated heterocycles. The minimum absolute atomic E-state index is 0.0322. The third kappa shape index (κ3) is 41.3. The van der Waals surface area contributed by atoms with Gasteiger partial charge in [0.15, 0.2) is 0 Å². The summed E-state index contributed by atoms with van der Waals surface area (Å²) in [6.45, 7) is 6.25. The highest BCUT2D eigenvalue weighted by Gasteiger charge is 2.23. The molecule has 59 heavy (non-hydrogen) atoms. The van der Waals surface area contributed by atoms with Crippen LogP contribution in [-0.4, -0.2) is 46.9 Å². The summed E-state index contributed by atoms with van der Waals surface area (Å²) >= 11 is 0. The second kappa shape index (κ2) is 45.9. The molecule has 0 spiro atoms. The van der Waals surface area contributed by atoms with Crippen molar-refractivity contribution in [3.63, 3.8) is 0 Å². The maximum absolute atomic E-state index is 13.1. The van der Waals surface area contributed by atoms with Crippen molar-refractivity contribution in [3.05, 3.63) is 97.2 Å². The van der Waals surface area contributed by atoms with Crippen molar-refractivity contribution in [3.8, 4) is 0 Å². The van der Waals surface area contributed by atoms with Crippen molar-refractivity contribution in [1.82, 2.24) is 5.32 Å². The van der Waals surface area contributed by atoms with Crippen molar-refractivity contribution in [2.45, 2.75) is 219 Å². The predicted octanol–water partition coefficient (Wildman–Crippen LogP) is 14.2. The van der Waals surface area contributed by atoms with Gasteiger partial charge in [0.25, 0.3) is 0 Å². The first-order chi connectivity index (χ1) is 29.0. The summed E-state index contributed by atoms with van der Waals surface area (Å²) in [4.78, 5) is 26.0. The molecule has 0 rings (SSSR count). The zero-order valence-corrected chi connectivity index (χ0v) is 38.1. The van der Waals surface area contributed by atoms with Gasteiger partial charge in [-0.05, 0) is 44.9 Å². The van der Waals surface area contributed by atoms with E-state index in [0.29, 0.717) is 19.3 Å². The maximum Gasteiger partial charge on any atom is 0.306 e. The van der Waals surface area contributed by atoms with Gasteiger partial charge in [-0.15, -0.1) is 0 Å². The lowest BCUT2D eigenvalue weighted by Crippen LogP contribution is -2.46. The van der Waals surface area contributed by atoms with E-state index in [1.165, 1.54) is 83.5 Å². The summed E-state index contributed by atoms with van der Waals surface area (Å²) in [5.74, 6) is -0.640. The number of nitrogens with one attached hydrogen (secondary N) is 1. The van der Waals surface area contributed by atoms with E-state index in [9.17, 15) is 19.8 Å². The quantitative estimate of drug-likeness (QED) is 0.0324. The molecule has 0 aromatic carbocycles. The zero-order valence-electron chi connectivity index (χ0n) is 38.1. The van der Waals surface area contributed by atoms with Gasteiger partial charge in [0.2, 0.25) is 5.91 Å². The minimum atomic E-state index is -0.825. The van der Waals surface area contributed by atoms with Crippen LogP contribution in [0.5, 0.6) is 0 Å². The molecule has 3 atom stereocenters. The molecule has 0 bridgehead atoms. The minimum Gasteiger partial charge on any atom is -0.461 e. The molecular formula is C53H89NO5. The van der Waals surface area contributed by atoms with Crippen LogP contribution in [0.3, 0.4) is 0 Å². The topological polar surface area (TPSA) is 95.9 Å². The second-order valence-electron chi connectivity index (χ2n) is 16.0. The van der Waals surface area contributed by atoms with E-state index in [-0.39, 0.29) is 24.9 Å². The molecule has 1 amide bonds. The third-order valence-corrected chi connectivity index (χ3v) is 10.3. The molecule has 0 aliphatic rings. The lowest BCUT2D eigenvalue weighted by molar-refractivity contribution is -0.150. The summed E-state index contributed by atoms with van der Waals surface area (Å²) in [5, 5.41) is 23.6. The Kier molecular flexibility index (Phi) is 43.4. The van der Waals surface area contributed by atoms with E-state index in [2.05, 4.69) is 68.6 Å². The van der Waals surface area contributed by atoms with Crippen LogP contribution in [0.4, 0.5) is 0 Å². The standard InChI is InChI=1S/C53H89NO5/c1-4-7-10-13-16-19-22-23-24-25-26-27-28-31-34-37-40-43-46-53(58)59-49(44-41-38-35-32-29-20-17-14-11-8-5-2)47-52(57)54-50(48-55)51(56)45-42-39-36-33-30-21-18-15-12-9-6-3/h8,11,14,17,20,22-27,29,32,35,38,41,49-51,55-56H,4-7,9-10,12-13,15-16,18-19,21,28,30-31,33-34,36-37,39-40,42-48H2,1-3H3,(H,54,57)/b11-8+,17-14+,23-22+,25-24+,27-26+,29-20-,35-32-,41-38+. The molecule has 0 fully saturated rings. The molecule has 0 heterocycles. The number of aliphatic hydroxyl groups excluding tert-OH is 2. The average molecular weight is 820 g/mol. The molecule has 0 aliphatic carbocycles. The summed E-state index contributed by atoms with van der Waals surface area (Å²) in [7, 11) is 0. The molecule has 0 aromatic heterocycles. The molecule has 0 aliphatic heterocycles. The van der Waals surface area contributed by atoms with Gasteiger partial charge < -0.3 is 20.3 Å². The average Bonchev–Trinajstić information content (AvgIpc) is 3.23. The molecule has 336 valence electrons. The molecule has 0 radical (unpaired) electrons. The number of ether oxygens (including phenoxy) is 1. The summed E-state index contributed by atoms with van der Waals surface area (Å²) < 4.78 is 5.82. The Bertz CT molecular complexity index is 1190. The van der Waals surface area contributed by atoms with Crippen LogP contribution >= 0.6 is 0 Å². The number of carbonyl (C=O) groups excluding carboxylic acids is 2. The van der Waals surface area contributed by atoms with E-state index in [1.807, 2.05) is 54.7 Å². The monoisotopic (exact) mass is 820 g/mol. The van der Waals surface area contributed by atoms with Gasteiger partial charge in [0, 0.05) is 12.8 Å².